The molecule has 2 heterocycles. The molecule has 21 heavy (non-hydrogen) atoms. The smallest absolute Gasteiger partial charge is 0.0753 e. The lowest BCUT2D eigenvalue weighted by Crippen LogP contribution is -2.17. The van der Waals surface area contributed by atoms with E-state index >= 15 is 0 Å². The number of fused-ring (bicyclic) bond motifs is 2. The molecule has 0 aliphatic heterocycles. The Labute approximate surface area is 128 Å². The summed E-state index contributed by atoms with van der Waals surface area (Å²) in [6.45, 7) is 0. The van der Waals surface area contributed by atoms with Crippen molar-refractivity contribution in [1.82, 2.24) is 10.3 Å². The molecule has 0 bridgehead atoms. The van der Waals surface area contributed by atoms with Gasteiger partial charge >= 0.3 is 0 Å². The van der Waals surface area contributed by atoms with Gasteiger partial charge in [0.05, 0.1) is 11.6 Å². The SMILES string of the molecule is CNC(c1cc2c(s1)CCC2)c1cccc2cccnc12. The summed E-state index contributed by atoms with van der Waals surface area (Å²) in [4.78, 5) is 7.60. The van der Waals surface area contributed by atoms with E-state index in [1.807, 2.05) is 30.6 Å². The molecule has 0 fully saturated rings. The fraction of sp³-hybridized carbons (Fsp3) is 0.278. The first-order valence-electron chi connectivity index (χ1n) is 7.49. The van der Waals surface area contributed by atoms with Gasteiger partial charge in [0.25, 0.3) is 0 Å². The topological polar surface area (TPSA) is 24.9 Å². The molecule has 2 aromatic heterocycles. The van der Waals surface area contributed by atoms with Gasteiger partial charge in [-0.1, -0.05) is 24.3 Å². The van der Waals surface area contributed by atoms with Crippen LogP contribution in [0.25, 0.3) is 10.9 Å². The van der Waals surface area contributed by atoms with Gasteiger partial charge in [-0.25, -0.2) is 0 Å². The number of aromatic nitrogens is 1. The molecule has 106 valence electrons. The van der Waals surface area contributed by atoms with Crippen molar-refractivity contribution in [3.8, 4) is 0 Å². The van der Waals surface area contributed by atoms with Gasteiger partial charge < -0.3 is 5.32 Å². The van der Waals surface area contributed by atoms with Crippen LogP contribution < -0.4 is 5.32 Å². The highest BCUT2D eigenvalue weighted by molar-refractivity contribution is 7.12. The Balaban J connectivity index is 1.84. The largest absolute Gasteiger partial charge is 0.309 e. The maximum Gasteiger partial charge on any atom is 0.0753 e. The van der Waals surface area contributed by atoms with Crippen LogP contribution in [0.2, 0.25) is 0 Å². The molecule has 1 aromatic carbocycles. The Hall–Kier alpha value is -1.71. The Kier molecular flexibility index (Phi) is 3.24. The molecule has 0 radical (unpaired) electrons. The lowest BCUT2D eigenvalue weighted by molar-refractivity contribution is 0.706. The van der Waals surface area contributed by atoms with Gasteiger partial charge in [0.2, 0.25) is 0 Å². The second-order valence-corrected chi connectivity index (χ2v) is 6.76. The normalized spacial score (nSPS) is 15.3. The summed E-state index contributed by atoms with van der Waals surface area (Å²) in [7, 11) is 2.04. The molecule has 2 nitrogen and oxygen atoms in total. The monoisotopic (exact) mass is 294 g/mol. The number of aryl methyl sites for hydroxylation is 2. The van der Waals surface area contributed by atoms with E-state index in [1.54, 1.807) is 10.4 Å². The number of benzene rings is 1. The Morgan fingerprint density at radius 3 is 2.95 bits per heavy atom. The molecule has 0 saturated carbocycles. The van der Waals surface area contributed by atoms with Gasteiger partial charge in [0.1, 0.15) is 0 Å². The zero-order valence-electron chi connectivity index (χ0n) is 12.1. The number of hydrogen-bond acceptors (Lipinski definition) is 3. The summed E-state index contributed by atoms with van der Waals surface area (Å²) in [6.07, 6.45) is 5.70. The Morgan fingerprint density at radius 2 is 2.10 bits per heavy atom. The van der Waals surface area contributed by atoms with Crippen LogP contribution in [-0.2, 0) is 12.8 Å². The number of pyridine rings is 1. The molecule has 0 spiro atoms. The summed E-state index contributed by atoms with van der Waals surface area (Å²) in [5.74, 6) is 0. The molecule has 1 aliphatic rings. The van der Waals surface area contributed by atoms with Crippen molar-refractivity contribution in [1.29, 1.82) is 0 Å². The van der Waals surface area contributed by atoms with Crippen LogP contribution in [-0.4, -0.2) is 12.0 Å². The van der Waals surface area contributed by atoms with Crippen LogP contribution in [0.1, 0.15) is 33.3 Å². The molecule has 1 N–H and O–H groups in total. The Morgan fingerprint density at radius 1 is 1.19 bits per heavy atom. The second-order valence-electron chi connectivity index (χ2n) is 5.59. The molecule has 0 saturated heterocycles. The fourth-order valence-corrected chi connectivity index (χ4v) is 4.69. The Bertz CT molecular complexity index is 764. The number of thiophene rings is 1. The lowest BCUT2D eigenvalue weighted by Gasteiger charge is -2.17. The van der Waals surface area contributed by atoms with Gasteiger partial charge in [-0.15, -0.1) is 11.3 Å². The minimum atomic E-state index is 0.235. The first kappa shape index (κ1) is 13.0. The molecule has 1 atom stereocenters. The number of hydrogen-bond donors (Lipinski definition) is 1. The average molecular weight is 294 g/mol. The predicted molar refractivity (Wildman–Crippen MR) is 89.0 cm³/mol. The van der Waals surface area contributed by atoms with Crippen LogP contribution in [0.4, 0.5) is 0 Å². The zero-order chi connectivity index (χ0) is 14.2. The summed E-state index contributed by atoms with van der Waals surface area (Å²) in [5, 5.41) is 4.69. The lowest BCUT2D eigenvalue weighted by atomic mass is 10.0. The molecule has 3 heteroatoms. The van der Waals surface area contributed by atoms with E-state index in [2.05, 4.69) is 40.6 Å². The van der Waals surface area contributed by atoms with E-state index in [-0.39, 0.29) is 6.04 Å². The van der Waals surface area contributed by atoms with E-state index < -0.39 is 0 Å². The van der Waals surface area contributed by atoms with Gasteiger partial charge in [0, 0.05) is 26.9 Å². The summed E-state index contributed by atoms with van der Waals surface area (Å²) in [5.41, 5.74) is 3.94. The second kappa shape index (κ2) is 5.24. The van der Waals surface area contributed by atoms with Gasteiger partial charge in [0.15, 0.2) is 0 Å². The van der Waals surface area contributed by atoms with E-state index in [0.29, 0.717) is 0 Å². The molecule has 1 unspecified atom stereocenters. The molecular formula is C18H18N2S. The van der Waals surface area contributed by atoms with Crippen LogP contribution >= 0.6 is 11.3 Å². The quantitative estimate of drug-likeness (QED) is 0.787. The predicted octanol–water partition coefficient (Wildman–Crippen LogP) is 4.09. The first-order chi connectivity index (χ1) is 10.4. The molecule has 1 aliphatic carbocycles. The van der Waals surface area contributed by atoms with Crippen molar-refractivity contribution >= 4 is 22.2 Å². The van der Waals surface area contributed by atoms with Gasteiger partial charge in [-0.3, -0.25) is 4.98 Å². The van der Waals surface area contributed by atoms with Crippen LogP contribution in [0.5, 0.6) is 0 Å². The maximum absolute atomic E-state index is 4.60. The van der Waals surface area contributed by atoms with Crippen molar-refractivity contribution in [3.63, 3.8) is 0 Å². The van der Waals surface area contributed by atoms with Crippen molar-refractivity contribution < 1.29 is 0 Å². The molecule has 4 rings (SSSR count). The van der Waals surface area contributed by atoms with Crippen LogP contribution in [0.3, 0.4) is 0 Å². The third kappa shape index (κ3) is 2.17. The van der Waals surface area contributed by atoms with Crippen LogP contribution in [0, 0.1) is 0 Å². The highest BCUT2D eigenvalue weighted by Crippen LogP contribution is 2.37. The minimum absolute atomic E-state index is 0.235. The molecule has 0 amide bonds. The average Bonchev–Trinajstić information content (AvgIpc) is 3.10. The van der Waals surface area contributed by atoms with Crippen molar-refractivity contribution in [2.45, 2.75) is 25.3 Å². The van der Waals surface area contributed by atoms with E-state index in [0.717, 1.165) is 5.52 Å². The third-order valence-corrected chi connectivity index (χ3v) is 5.62. The highest BCUT2D eigenvalue weighted by Gasteiger charge is 2.21. The van der Waals surface area contributed by atoms with E-state index in [9.17, 15) is 0 Å². The molecule has 3 aromatic rings. The van der Waals surface area contributed by atoms with Crippen molar-refractivity contribution in [3.05, 3.63) is 63.5 Å². The summed E-state index contributed by atoms with van der Waals surface area (Å²) >= 11 is 1.97. The molecular weight excluding hydrogens is 276 g/mol. The van der Waals surface area contributed by atoms with E-state index in [4.69, 9.17) is 0 Å². The van der Waals surface area contributed by atoms with Gasteiger partial charge in [-0.2, -0.15) is 0 Å². The first-order valence-corrected chi connectivity index (χ1v) is 8.31. The minimum Gasteiger partial charge on any atom is -0.309 e. The summed E-state index contributed by atoms with van der Waals surface area (Å²) < 4.78 is 0. The zero-order valence-corrected chi connectivity index (χ0v) is 12.9. The van der Waals surface area contributed by atoms with E-state index in [1.165, 1.54) is 35.1 Å². The van der Waals surface area contributed by atoms with Crippen molar-refractivity contribution in [2.24, 2.45) is 0 Å². The maximum atomic E-state index is 4.60. The third-order valence-electron chi connectivity index (χ3n) is 4.31. The number of nitrogens with zero attached hydrogens (tertiary/aromatic N) is 1. The standard InChI is InChI=1S/C18H18N2S/c1-19-18(16-11-13-6-3-9-15(13)21-16)14-8-2-5-12-7-4-10-20-17(12)14/h2,4-5,7-8,10-11,18-19H,3,6,9H2,1H3. The summed E-state index contributed by atoms with van der Waals surface area (Å²) in [6, 6.07) is 13.2. The van der Waals surface area contributed by atoms with Crippen molar-refractivity contribution in [2.75, 3.05) is 7.05 Å². The number of nitrogens with one attached hydrogen (secondary N) is 1. The number of para-hydroxylation sites is 1. The highest BCUT2D eigenvalue weighted by atomic mass is 32.1. The van der Waals surface area contributed by atoms with Gasteiger partial charge in [-0.05, 0) is 44.0 Å². The fourth-order valence-electron chi connectivity index (χ4n) is 3.31. The number of rotatable bonds is 3. The van der Waals surface area contributed by atoms with Crippen LogP contribution in [0.15, 0.2) is 42.6 Å².